The van der Waals surface area contributed by atoms with Crippen LogP contribution in [0.4, 0.5) is 0 Å². The first-order chi connectivity index (χ1) is 9.72. The molecule has 1 aromatic heterocycles. The van der Waals surface area contributed by atoms with Crippen molar-refractivity contribution in [3.05, 3.63) is 11.8 Å². The molecule has 0 fully saturated rings. The van der Waals surface area contributed by atoms with Gasteiger partial charge in [0.25, 0.3) is 10.0 Å². The molecule has 0 saturated heterocycles. The zero-order chi connectivity index (χ0) is 16.2. The standard InChI is InChI=1S/C11H17N3O6S/c1-4-19-10(15)7(3)14-6-8(11(16)20-5-2)9(13-14)21(12,17)18/h6-7H,4-5H2,1-3H3,(H2,12,17,18). The van der Waals surface area contributed by atoms with Gasteiger partial charge in [-0.25, -0.2) is 23.1 Å². The van der Waals surface area contributed by atoms with Crippen LogP contribution in [0.2, 0.25) is 0 Å². The minimum absolute atomic E-state index is 0.0570. The van der Waals surface area contributed by atoms with Crippen molar-refractivity contribution in [3.63, 3.8) is 0 Å². The number of sulfonamides is 1. The molecule has 2 N–H and O–H groups in total. The number of carbonyl (C=O) groups excluding carboxylic acids is 2. The fourth-order valence-electron chi connectivity index (χ4n) is 1.50. The average Bonchev–Trinajstić information content (AvgIpc) is 2.83. The van der Waals surface area contributed by atoms with Crippen molar-refractivity contribution in [3.8, 4) is 0 Å². The summed E-state index contributed by atoms with van der Waals surface area (Å²) in [5.74, 6) is -1.50. The fourth-order valence-corrected chi connectivity index (χ4v) is 2.15. The molecule has 1 rings (SSSR count). The molecule has 0 spiro atoms. The van der Waals surface area contributed by atoms with E-state index >= 15 is 0 Å². The molecule has 0 aromatic carbocycles. The average molecular weight is 319 g/mol. The quantitative estimate of drug-likeness (QED) is 0.720. The van der Waals surface area contributed by atoms with E-state index in [0.29, 0.717) is 0 Å². The lowest BCUT2D eigenvalue weighted by molar-refractivity contribution is -0.146. The maximum absolute atomic E-state index is 11.7. The fraction of sp³-hybridized carbons (Fsp3) is 0.545. The third kappa shape index (κ3) is 4.02. The zero-order valence-electron chi connectivity index (χ0n) is 11.9. The van der Waals surface area contributed by atoms with E-state index in [2.05, 4.69) is 5.10 Å². The van der Waals surface area contributed by atoms with Crippen LogP contribution in [0.5, 0.6) is 0 Å². The van der Waals surface area contributed by atoms with Gasteiger partial charge in [-0.05, 0) is 20.8 Å². The molecule has 0 bridgehead atoms. The van der Waals surface area contributed by atoms with Gasteiger partial charge >= 0.3 is 11.9 Å². The Balaban J connectivity index is 3.26. The smallest absolute Gasteiger partial charge is 0.342 e. The number of primary sulfonamides is 1. The summed E-state index contributed by atoms with van der Waals surface area (Å²) in [6.07, 6.45) is 1.10. The second-order valence-corrected chi connectivity index (χ2v) is 5.50. The van der Waals surface area contributed by atoms with E-state index < -0.39 is 33.0 Å². The second-order valence-electron chi connectivity index (χ2n) is 4.02. The van der Waals surface area contributed by atoms with Crippen LogP contribution < -0.4 is 5.14 Å². The van der Waals surface area contributed by atoms with Crippen molar-refractivity contribution in [2.24, 2.45) is 5.14 Å². The van der Waals surface area contributed by atoms with Crippen molar-refractivity contribution < 1.29 is 27.5 Å². The predicted molar refractivity (Wildman–Crippen MR) is 70.9 cm³/mol. The number of nitrogens with zero attached hydrogens (tertiary/aromatic N) is 2. The van der Waals surface area contributed by atoms with Crippen LogP contribution in [0.3, 0.4) is 0 Å². The Morgan fingerprint density at radius 2 is 1.90 bits per heavy atom. The molecule has 1 atom stereocenters. The molecule has 1 unspecified atom stereocenters. The van der Waals surface area contributed by atoms with E-state index in [-0.39, 0.29) is 18.8 Å². The van der Waals surface area contributed by atoms with Crippen LogP contribution in [-0.4, -0.2) is 43.4 Å². The van der Waals surface area contributed by atoms with Gasteiger partial charge in [-0.3, -0.25) is 4.68 Å². The van der Waals surface area contributed by atoms with Crippen molar-refractivity contribution in [2.75, 3.05) is 13.2 Å². The number of hydrogen-bond acceptors (Lipinski definition) is 7. The summed E-state index contributed by atoms with van der Waals surface area (Å²) in [6, 6.07) is -0.909. The first-order valence-electron chi connectivity index (χ1n) is 6.18. The highest BCUT2D eigenvalue weighted by Gasteiger charge is 2.28. The molecule has 0 aliphatic carbocycles. The van der Waals surface area contributed by atoms with Crippen LogP contribution in [-0.2, 0) is 24.3 Å². The number of nitrogens with two attached hydrogens (primary N) is 1. The molecule has 1 aromatic rings. The van der Waals surface area contributed by atoms with E-state index in [1.54, 1.807) is 13.8 Å². The van der Waals surface area contributed by atoms with E-state index in [0.717, 1.165) is 10.9 Å². The number of rotatable bonds is 6. The lowest BCUT2D eigenvalue weighted by atomic mass is 10.3. The van der Waals surface area contributed by atoms with Crippen LogP contribution in [0.25, 0.3) is 0 Å². The third-order valence-electron chi connectivity index (χ3n) is 2.49. The summed E-state index contributed by atoms with van der Waals surface area (Å²) in [7, 11) is -4.23. The van der Waals surface area contributed by atoms with E-state index in [1.165, 1.54) is 6.92 Å². The van der Waals surface area contributed by atoms with E-state index in [1.807, 2.05) is 0 Å². The molecule has 118 valence electrons. The molecule has 0 amide bonds. The molecule has 21 heavy (non-hydrogen) atoms. The summed E-state index contributed by atoms with van der Waals surface area (Å²) in [5, 5.41) is 8.06. The Bertz CT molecular complexity index is 636. The number of ether oxygens (including phenoxy) is 2. The molecule has 9 nitrogen and oxygen atoms in total. The van der Waals surface area contributed by atoms with Crippen molar-refractivity contribution >= 4 is 22.0 Å². The van der Waals surface area contributed by atoms with Gasteiger partial charge in [-0.1, -0.05) is 0 Å². The van der Waals surface area contributed by atoms with Crippen LogP contribution in [0.1, 0.15) is 37.2 Å². The molecular formula is C11H17N3O6S. The molecular weight excluding hydrogens is 302 g/mol. The Labute approximate surface area is 122 Å². The first kappa shape index (κ1) is 17.1. The van der Waals surface area contributed by atoms with Gasteiger partial charge in [-0.15, -0.1) is 0 Å². The van der Waals surface area contributed by atoms with Gasteiger partial charge in [0.05, 0.1) is 13.2 Å². The third-order valence-corrected chi connectivity index (χ3v) is 3.33. The maximum Gasteiger partial charge on any atom is 0.342 e. The van der Waals surface area contributed by atoms with Crippen molar-refractivity contribution in [1.29, 1.82) is 0 Å². The van der Waals surface area contributed by atoms with Gasteiger partial charge in [0.15, 0.2) is 0 Å². The zero-order valence-corrected chi connectivity index (χ0v) is 12.7. The van der Waals surface area contributed by atoms with Crippen LogP contribution in [0, 0.1) is 0 Å². The summed E-state index contributed by atoms with van der Waals surface area (Å²) >= 11 is 0. The first-order valence-corrected chi connectivity index (χ1v) is 7.72. The highest BCUT2D eigenvalue weighted by atomic mass is 32.2. The monoisotopic (exact) mass is 319 g/mol. The Hall–Kier alpha value is -1.94. The molecule has 10 heteroatoms. The summed E-state index contributed by atoms with van der Waals surface area (Å²) < 4.78 is 33.5. The Morgan fingerprint density at radius 1 is 1.33 bits per heavy atom. The molecule has 0 radical (unpaired) electrons. The van der Waals surface area contributed by atoms with Crippen LogP contribution in [0.15, 0.2) is 11.2 Å². The minimum atomic E-state index is -4.23. The molecule has 0 aliphatic rings. The van der Waals surface area contributed by atoms with E-state index in [4.69, 9.17) is 14.6 Å². The van der Waals surface area contributed by atoms with Crippen molar-refractivity contribution in [1.82, 2.24) is 9.78 Å². The number of aromatic nitrogens is 2. The lowest BCUT2D eigenvalue weighted by Gasteiger charge is -2.10. The maximum atomic E-state index is 11.7. The topological polar surface area (TPSA) is 131 Å². The van der Waals surface area contributed by atoms with Crippen molar-refractivity contribution in [2.45, 2.75) is 31.8 Å². The predicted octanol–water partition coefficient (Wildman–Crippen LogP) is -0.169. The largest absolute Gasteiger partial charge is 0.464 e. The van der Waals surface area contributed by atoms with Gasteiger partial charge < -0.3 is 9.47 Å². The number of carbonyl (C=O) groups is 2. The Kier molecular flexibility index (Phi) is 5.44. The molecule has 1 heterocycles. The summed E-state index contributed by atoms with van der Waals surface area (Å²) in [6.45, 7) is 4.87. The highest BCUT2D eigenvalue weighted by molar-refractivity contribution is 7.89. The number of esters is 2. The summed E-state index contributed by atoms with van der Waals surface area (Å²) in [5.41, 5.74) is -0.324. The van der Waals surface area contributed by atoms with Crippen LogP contribution >= 0.6 is 0 Å². The molecule has 0 saturated carbocycles. The normalized spacial score (nSPS) is 12.8. The lowest BCUT2D eigenvalue weighted by Crippen LogP contribution is -2.21. The van der Waals surface area contributed by atoms with Gasteiger partial charge in [0.1, 0.15) is 11.6 Å². The van der Waals surface area contributed by atoms with Gasteiger partial charge in [0, 0.05) is 6.20 Å². The molecule has 0 aliphatic heterocycles. The minimum Gasteiger partial charge on any atom is -0.464 e. The second kappa shape index (κ2) is 6.68. The Morgan fingerprint density at radius 3 is 2.38 bits per heavy atom. The van der Waals surface area contributed by atoms with Gasteiger partial charge in [-0.2, -0.15) is 5.10 Å². The highest BCUT2D eigenvalue weighted by Crippen LogP contribution is 2.17. The van der Waals surface area contributed by atoms with Gasteiger partial charge in [0.2, 0.25) is 5.03 Å². The number of hydrogen-bond donors (Lipinski definition) is 1. The van der Waals surface area contributed by atoms with E-state index in [9.17, 15) is 18.0 Å². The SMILES string of the molecule is CCOC(=O)c1cn(C(C)C(=O)OCC)nc1S(N)(=O)=O. The summed E-state index contributed by atoms with van der Waals surface area (Å²) in [4.78, 5) is 23.4.